The lowest BCUT2D eigenvalue weighted by Crippen LogP contribution is -2.41. The van der Waals surface area contributed by atoms with Crippen molar-refractivity contribution in [1.82, 2.24) is 20.4 Å². The maximum atomic E-state index is 13.6. The van der Waals surface area contributed by atoms with Gasteiger partial charge in [0.25, 0.3) is 5.91 Å². The summed E-state index contributed by atoms with van der Waals surface area (Å²) in [7, 11) is 7.05. The van der Waals surface area contributed by atoms with Gasteiger partial charge in [0.1, 0.15) is 0 Å². The molecule has 0 radical (unpaired) electrons. The summed E-state index contributed by atoms with van der Waals surface area (Å²) in [6, 6.07) is 10.7. The van der Waals surface area contributed by atoms with Gasteiger partial charge in [0, 0.05) is 38.8 Å². The molecule has 1 aliphatic heterocycles. The van der Waals surface area contributed by atoms with Crippen LogP contribution in [0.1, 0.15) is 60.3 Å². The van der Waals surface area contributed by atoms with Gasteiger partial charge in [-0.25, -0.2) is 9.18 Å². The van der Waals surface area contributed by atoms with Crippen molar-refractivity contribution in [3.63, 3.8) is 0 Å². The quantitative estimate of drug-likeness (QED) is 0.314. The van der Waals surface area contributed by atoms with Crippen LogP contribution in [0.2, 0.25) is 0 Å². The summed E-state index contributed by atoms with van der Waals surface area (Å²) >= 11 is 0. The first-order chi connectivity index (χ1) is 20.1. The Morgan fingerprint density at radius 2 is 1.76 bits per heavy atom. The number of benzene rings is 2. The fraction of sp³-hybridized carbons (Fsp3) is 0.452. The normalized spacial score (nSPS) is 12.8. The number of carbonyl (C=O) groups is 3. The first-order valence-electron chi connectivity index (χ1n) is 13.8. The van der Waals surface area contributed by atoms with Crippen LogP contribution in [0.5, 0.6) is 5.75 Å². The largest absolute Gasteiger partial charge is 0.494 e. The third-order valence-electron chi connectivity index (χ3n) is 6.54. The standard InChI is InChI=1S/C17H29N5O2.C10H10FNO2.C2H6.C2H2/c1-4-14(20-2)11-22(3)15(10-18)13-7-5-12(6-8-13)9-16(23)21-17(19)24;1-12-5-6-3-4-7(14-2)9(11)8(6)10(12)13;2*1-2/h5-8,14-15,20H,4,9-11,18H2,1-3H3,(H3,19,21,23,24);3-4H,5H2,1-2H3;1-2H3;1-2H. The van der Waals surface area contributed by atoms with Crippen LogP contribution >= 0.6 is 0 Å². The average molecular weight is 587 g/mol. The number of ether oxygens (including phenoxy) is 1. The van der Waals surface area contributed by atoms with Gasteiger partial charge in [-0.2, -0.15) is 0 Å². The number of fused-ring (bicyclic) bond motifs is 1. The van der Waals surface area contributed by atoms with E-state index in [4.69, 9.17) is 16.2 Å². The summed E-state index contributed by atoms with van der Waals surface area (Å²) in [5, 5.41) is 5.35. The van der Waals surface area contributed by atoms with Crippen LogP contribution in [0, 0.1) is 18.7 Å². The van der Waals surface area contributed by atoms with Crippen molar-refractivity contribution in [2.24, 2.45) is 11.5 Å². The van der Waals surface area contributed by atoms with Crippen molar-refractivity contribution in [2.75, 3.05) is 41.3 Å². The van der Waals surface area contributed by atoms with Crippen LogP contribution < -0.4 is 26.8 Å². The number of nitrogens with two attached hydrogens (primary N) is 2. The van der Waals surface area contributed by atoms with Gasteiger partial charge in [0.05, 0.1) is 19.1 Å². The average Bonchev–Trinajstić information content (AvgIpc) is 3.28. The summed E-state index contributed by atoms with van der Waals surface area (Å²) in [5.74, 6) is -1.13. The number of amides is 4. The lowest BCUT2D eigenvalue weighted by Gasteiger charge is -2.30. The Morgan fingerprint density at radius 3 is 2.24 bits per heavy atom. The summed E-state index contributed by atoms with van der Waals surface area (Å²) in [6.45, 7) is 8.03. The highest BCUT2D eigenvalue weighted by atomic mass is 19.1. The molecule has 0 spiro atoms. The maximum Gasteiger partial charge on any atom is 0.318 e. The first-order valence-corrected chi connectivity index (χ1v) is 13.8. The molecule has 4 amide bonds. The van der Waals surface area contributed by atoms with E-state index < -0.39 is 17.8 Å². The first kappa shape index (κ1) is 38.0. The van der Waals surface area contributed by atoms with E-state index >= 15 is 0 Å². The summed E-state index contributed by atoms with van der Waals surface area (Å²) in [6.07, 6.45) is 9.16. The lowest BCUT2D eigenvalue weighted by atomic mass is 10.0. The van der Waals surface area contributed by atoms with E-state index in [2.05, 4.69) is 42.4 Å². The number of rotatable bonds is 10. The van der Waals surface area contributed by atoms with Crippen molar-refractivity contribution in [2.45, 2.75) is 52.2 Å². The van der Waals surface area contributed by atoms with Crippen LogP contribution in [0.25, 0.3) is 0 Å². The minimum absolute atomic E-state index is 0.112. The van der Waals surface area contributed by atoms with Gasteiger partial charge >= 0.3 is 6.03 Å². The van der Waals surface area contributed by atoms with Gasteiger partial charge in [0.15, 0.2) is 11.6 Å². The highest BCUT2D eigenvalue weighted by Gasteiger charge is 2.29. The van der Waals surface area contributed by atoms with E-state index in [9.17, 15) is 18.8 Å². The molecule has 3 rings (SSSR count). The molecule has 0 aromatic heterocycles. The van der Waals surface area contributed by atoms with Crippen molar-refractivity contribution in [1.29, 1.82) is 0 Å². The Labute approximate surface area is 249 Å². The second kappa shape index (κ2) is 20.0. The van der Waals surface area contributed by atoms with Gasteiger partial charge in [-0.15, -0.1) is 12.8 Å². The number of imide groups is 1. The number of nitrogens with zero attached hydrogens (tertiary/aromatic N) is 2. The summed E-state index contributed by atoms with van der Waals surface area (Å²) in [5.41, 5.74) is 13.7. The highest BCUT2D eigenvalue weighted by molar-refractivity contribution is 5.98. The molecule has 2 aromatic carbocycles. The molecule has 0 saturated carbocycles. The number of hydrogen-bond donors (Lipinski definition) is 4. The molecule has 2 aromatic rings. The molecule has 11 heteroatoms. The minimum Gasteiger partial charge on any atom is -0.494 e. The van der Waals surface area contributed by atoms with E-state index in [1.54, 1.807) is 19.2 Å². The third kappa shape index (κ3) is 11.1. The molecule has 0 bridgehead atoms. The molecule has 10 nitrogen and oxygen atoms in total. The monoisotopic (exact) mass is 586 g/mol. The molecular formula is C31H47FN6O4. The minimum atomic E-state index is -0.837. The maximum absolute atomic E-state index is 13.6. The van der Waals surface area contributed by atoms with E-state index in [1.807, 2.05) is 45.2 Å². The number of terminal acetylenes is 1. The number of methoxy groups -OCH3 is 1. The number of urea groups is 1. The molecule has 0 aliphatic carbocycles. The topological polar surface area (TPSA) is 143 Å². The molecule has 0 fully saturated rings. The predicted molar refractivity (Wildman–Crippen MR) is 165 cm³/mol. The Kier molecular flexibility index (Phi) is 18.1. The van der Waals surface area contributed by atoms with Gasteiger partial charge in [-0.1, -0.05) is 51.1 Å². The van der Waals surface area contributed by atoms with Crippen molar-refractivity contribution >= 4 is 17.8 Å². The Morgan fingerprint density at radius 1 is 1.17 bits per heavy atom. The number of nitrogens with one attached hydrogen (secondary N) is 2. The molecule has 232 valence electrons. The SMILES string of the molecule is C#C.CC.CCC(CN(C)C(CN)c1ccc(CC(=O)NC(N)=O)cc1)NC.COc1ccc2c(c1F)C(=O)N(C)C2. The molecule has 2 unspecified atom stereocenters. The number of likely N-dealkylation sites (N-methyl/N-ethyl adjacent to an activating group) is 2. The van der Waals surface area contributed by atoms with E-state index in [0.717, 1.165) is 29.7 Å². The third-order valence-corrected chi connectivity index (χ3v) is 6.54. The van der Waals surface area contributed by atoms with Gasteiger partial charge in [0.2, 0.25) is 5.91 Å². The fourth-order valence-electron chi connectivity index (χ4n) is 4.33. The smallest absolute Gasteiger partial charge is 0.318 e. The molecule has 6 N–H and O–H groups in total. The van der Waals surface area contributed by atoms with E-state index in [1.165, 1.54) is 12.0 Å². The fourth-order valence-corrected chi connectivity index (χ4v) is 4.33. The van der Waals surface area contributed by atoms with Gasteiger partial charge in [-0.05, 0) is 43.3 Å². The van der Waals surface area contributed by atoms with Crippen LogP contribution in [0.4, 0.5) is 9.18 Å². The molecule has 1 heterocycles. The number of carbonyl (C=O) groups excluding carboxylic acids is 3. The Bertz CT molecular complexity index is 1150. The zero-order valence-electron chi connectivity index (χ0n) is 25.9. The van der Waals surface area contributed by atoms with Crippen molar-refractivity contribution in [3.8, 4) is 18.6 Å². The van der Waals surface area contributed by atoms with Crippen LogP contribution in [-0.4, -0.2) is 75.0 Å². The predicted octanol–water partition coefficient (Wildman–Crippen LogP) is 3.05. The zero-order valence-corrected chi connectivity index (χ0v) is 25.9. The van der Waals surface area contributed by atoms with E-state index in [0.29, 0.717) is 19.1 Å². The number of primary amides is 1. The summed E-state index contributed by atoms with van der Waals surface area (Å²) in [4.78, 5) is 37.4. The molecule has 2 atom stereocenters. The van der Waals surface area contributed by atoms with Crippen molar-refractivity contribution in [3.05, 3.63) is 64.5 Å². The second-order valence-electron chi connectivity index (χ2n) is 9.19. The van der Waals surface area contributed by atoms with Gasteiger partial charge in [-0.3, -0.25) is 19.8 Å². The highest BCUT2D eigenvalue weighted by Crippen LogP contribution is 2.29. The lowest BCUT2D eigenvalue weighted by molar-refractivity contribution is -0.119. The second-order valence-corrected chi connectivity index (χ2v) is 9.19. The molecular weight excluding hydrogens is 539 g/mol. The van der Waals surface area contributed by atoms with Gasteiger partial charge < -0.3 is 26.4 Å². The van der Waals surface area contributed by atoms with Crippen LogP contribution in [0.3, 0.4) is 0 Å². The van der Waals surface area contributed by atoms with Crippen LogP contribution in [0.15, 0.2) is 36.4 Å². The summed E-state index contributed by atoms with van der Waals surface area (Å²) < 4.78 is 18.4. The zero-order chi connectivity index (χ0) is 32.4. The Hall–Kier alpha value is -3.98. The van der Waals surface area contributed by atoms with E-state index in [-0.39, 0.29) is 29.7 Å². The van der Waals surface area contributed by atoms with Crippen molar-refractivity contribution < 1.29 is 23.5 Å². The molecule has 1 aliphatic rings. The molecule has 42 heavy (non-hydrogen) atoms. The molecule has 0 saturated heterocycles. The number of halogens is 1. The number of hydrogen-bond acceptors (Lipinski definition) is 7. The van der Waals surface area contributed by atoms with Crippen LogP contribution in [-0.2, 0) is 17.8 Å². The Balaban J connectivity index is 0.000000787.